The zero-order valence-electron chi connectivity index (χ0n) is 14.9. The van der Waals surface area contributed by atoms with Gasteiger partial charge < -0.3 is 10.1 Å². The van der Waals surface area contributed by atoms with Gasteiger partial charge in [0.1, 0.15) is 10.6 Å². The van der Waals surface area contributed by atoms with E-state index in [0.717, 1.165) is 47.7 Å². The molecule has 3 aromatic heterocycles. The Labute approximate surface area is 156 Å². The minimum absolute atomic E-state index is 0.357. The van der Waals surface area contributed by atoms with Gasteiger partial charge >= 0.3 is 0 Å². The number of hydrogen-bond acceptors (Lipinski definition) is 6. The van der Waals surface area contributed by atoms with Gasteiger partial charge in [0, 0.05) is 36.0 Å². The van der Waals surface area contributed by atoms with E-state index in [0.29, 0.717) is 12.1 Å². The second kappa shape index (κ2) is 6.59. The number of methoxy groups -OCH3 is 1. The molecule has 0 aliphatic heterocycles. The molecule has 0 spiro atoms. The molecule has 5 nitrogen and oxygen atoms in total. The van der Waals surface area contributed by atoms with Crippen molar-refractivity contribution in [1.29, 1.82) is 0 Å². The third-order valence-electron chi connectivity index (χ3n) is 5.54. The summed E-state index contributed by atoms with van der Waals surface area (Å²) < 4.78 is 5.54. The van der Waals surface area contributed by atoms with Crippen LogP contribution in [0.3, 0.4) is 0 Å². The fourth-order valence-electron chi connectivity index (χ4n) is 4.20. The molecule has 0 radical (unpaired) electrons. The van der Waals surface area contributed by atoms with Crippen molar-refractivity contribution in [2.24, 2.45) is 0 Å². The Morgan fingerprint density at radius 3 is 3.00 bits per heavy atom. The molecule has 6 heteroatoms. The summed E-state index contributed by atoms with van der Waals surface area (Å²) in [6.45, 7) is 0. The molecule has 0 saturated heterocycles. The largest absolute Gasteiger partial charge is 0.381 e. The molecular weight excluding hydrogens is 344 g/mol. The van der Waals surface area contributed by atoms with Crippen LogP contribution in [0, 0.1) is 0 Å². The normalized spacial score (nSPS) is 22.0. The maximum atomic E-state index is 5.54. The average molecular weight is 366 g/mol. The molecule has 0 bridgehead atoms. The minimum Gasteiger partial charge on any atom is -0.381 e. The third kappa shape index (κ3) is 2.77. The monoisotopic (exact) mass is 366 g/mol. The minimum atomic E-state index is 0.357. The highest BCUT2D eigenvalue weighted by Crippen LogP contribution is 2.41. The van der Waals surface area contributed by atoms with Crippen molar-refractivity contribution in [3.8, 4) is 11.4 Å². The van der Waals surface area contributed by atoms with Gasteiger partial charge in [-0.25, -0.2) is 9.97 Å². The first-order valence-corrected chi connectivity index (χ1v) is 10.2. The van der Waals surface area contributed by atoms with Crippen molar-refractivity contribution in [1.82, 2.24) is 15.0 Å². The summed E-state index contributed by atoms with van der Waals surface area (Å²) in [5.74, 6) is 1.75. The Morgan fingerprint density at radius 1 is 1.23 bits per heavy atom. The van der Waals surface area contributed by atoms with Crippen molar-refractivity contribution in [2.75, 3.05) is 12.4 Å². The van der Waals surface area contributed by atoms with E-state index in [1.807, 2.05) is 36.8 Å². The molecule has 1 saturated carbocycles. The summed E-state index contributed by atoms with van der Waals surface area (Å²) in [6, 6.07) is 4.37. The fourth-order valence-corrected chi connectivity index (χ4v) is 5.46. The van der Waals surface area contributed by atoms with Crippen molar-refractivity contribution < 1.29 is 4.74 Å². The highest BCUT2D eigenvalue weighted by Gasteiger charge is 2.28. The van der Waals surface area contributed by atoms with E-state index in [4.69, 9.17) is 14.7 Å². The molecule has 1 fully saturated rings. The highest BCUT2D eigenvalue weighted by molar-refractivity contribution is 7.19. The van der Waals surface area contributed by atoms with Crippen molar-refractivity contribution in [3.63, 3.8) is 0 Å². The van der Waals surface area contributed by atoms with Crippen molar-refractivity contribution in [3.05, 3.63) is 35.0 Å². The summed E-state index contributed by atoms with van der Waals surface area (Å²) in [5, 5.41) is 4.98. The predicted octanol–water partition coefficient (Wildman–Crippen LogP) is 4.22. The first-order valence-electron chi connectivity index (χ1n) is 9.34. The zero-order chi connectivity index (χ0) is 17.5. The average Bonchev–Trinajstić information content (AvgIpc) is 3.37. The Morgan fingerprint density at radius 2 is 2.19 bits per heavy atom. The summed E-state index contributed by atoms with van der Waals surface area (Å²) in [4.78, 5) is 16.6. The van der Waals surface area contributed by atoms with Crippen LogP contribution in [0.2, 0.25) is 0 Å². The maximum absolute atomic E-state index is 5.54. The van der Waals surface area contributed by atoms with Gasteiger partial charge in [0.25, 0.3) is 0 Å². The third-order valence-corrected chi connectivity index (χ3v) is 6.73. The van der Waals surface area contributed by atoms with E-state index < -0.39 is 0 Å². The molecule has 3 aromatic rings. The van der Waals surface area contributed by atoms with Gasteiger partial charge in [0.15, 0.2) is 5.82 Å². The second-order valence-electron chi connectivity index (χ2n) is 7.19. The number of rotatable bonds is 4. The molecule has 2 unspecified atom stereocenters. The van der Waals surface area contributed by atoms with E-state index in [-0.39, 0.29) is 0 Å². The van der Waals surface area contributed by atoms with Crippen LogP contribution in [-0.4, -0.2) is 34.2 Å². The van der Waals surface area contributed by atoms with Gasteiger partial charge in [0.05, 0.1) is 11.5 Å². The summed E-state index contributed by atoms with van der Waals surface area (Å²) in [5.41, 5.74) is 2.43. The maximum Gasteiger partial charge on any atom is 0.164 e. The van der Waals surface area contributed by atoms with E-state index in [2.05, 4.69) is 10.3 Å². The SMILES string of the molecule is COC1CCC(Nc2nc(-c3cccnc3)nc3sc4c(c23)CCC4)C1. The molecule has 0 aromatic carbocycles. The van der Waals surface area contributed by atoms with Crippen LogP contribution in [-0.2, 0) is 17.6 Å². The Hall–Kier alpha value is -2.05. The van der Waals surface area contributed by atoms with Gasteiger partial charge in [-0.15, -0.1) is 11.3 Å². The van der Waals surface area contributed by atoms with Crippen LogP contribution in [0.4, 0.5) is 5.82 Å². The second-order valence-corrected chi connectivity index (χ2v) is 8.27. The highest BCUT2D eigenvalue weighted by atomic mass is 32.1. The molecule has 2 aliphatic carbocycles. The summed E-state index contributed by atoms with van der Waals surface area (Å²) in [6.07, 6.45) is 10.8. The lowest BCUT2D eigenvalue weighted by atomic mass is 10.1. The number of pyridine rings is 1. The molecule has 26 heavy (non-hydrogen) atoms. The molecule has 134 valence electrons. The molecule has 3 heterocycles. The number of anilines is 1. The van der Waals surface area contributed by atoms with E-state index in [1.165, 1.54) is 28.7 Å². The molecule has 5 rings (SSSR count). The molecule has 0 amide bonds. The number of aryl methyl sites for hydroxylation is 2. The number of aromatic nitrogens is 3. The summed E-state index contributed by atoms with van der Waals surface area (Å²) >= 11 is 1.84. The van der Waals surface area contributed by atoms with Crippen molar-refractivity contribution in [2.45, 2.75) is 50.7 Å². The van der Waals surface area contributed by atoms with E-state index in [1.54, 1.807) is 6.20 Å². The van der Waals surface area contributed by atoms with E-state index >= 15 is 0 Å². The lowest BCUT2D eigenvalue weighted by molar-refractivity contribution is 0.108. The standard InChI is InChI=1S/C20H22N4OS/c1-25-14-8-7-13(10-14)22-19-17-15-5-2-6-16(15)26-20(17)24-18(23-19)12-4-3-9-21-11-12/h3-4,9,11,13-14H,2,5-8,10H2,1H3,(H,22,23,24). The van der Waals surface area contributed by atoms with Gasteiger partial charge in [0.2, 0.25) is 0 Å². The summed E-state index contributed by atoms with van der Waals surface area (Å²) in [7, 11) is 1.81. The first kappa shape index (κ1) is 16.1. The topological polar surface area (TPSA) is 59.9 Å². The molecule has 1 N–H and O–H groups in total. The zero-order valence-corrected chi connectivity index (χ0v) is 15.7. The smallest absolute Gasteiger partial charge is 0.164 e. The number of nitrogens with zero attached hydrogens (tertiary/aromatic N) is 3. The quantitative estimate of drug-likeness (QED) is 0.749. The van der Waals surface area contributed by atoms with Crippen LogP contribution in [0.25, 0.3) is 21.6 Å². The van der Waals surface area contributed by atoms with Crippen LogP contribution in [0.5, 0.6) is 0 Å². The predicted molar refractivity (Wildman–Crippen MR) is 105 cm³/mol. The fraction of sp³-hybridized carbons (Fsp3) is 0.450. The number of thiophene rings is 1. The number of ether oxygens (including phenoxy) is 1. The lowest BCUT2D eigenvalue weighted by Crippen LogP contribution is -2.18. The van der Waals surface area contributed by atoms with Gasteiger partial charge in [-0.3, -0.25) is 4.98 Å². The Kier molecular flexibility index (Phi) is 4.10. The number of fused-ring (bicyclic) bond motifs is 3. The Bertz CT molecular complexity index is 940. The molecule has 2 atom stereocenters. The van der Waals surface area contributed by atoms with Crippen LogP contribution in [0.1, 0.15) is 36.1 Å². The van der Waals surface area contributed by atoms with Crippen LogP contribution >= 0.6 is 11.3 Å². The lowest BCUT2D eigenvalue weighted by Gasteiger charge is -2.16. The number of hydrogen-bond donors (Lipinski definition) is 1. The van der Waals surface area contributed by atoms with Crippen molar-refractivity contribution >= 4 is 27.4 Å². The van der Waals surface area contributed by atoms with Gasteiger partial charge in [-0.1, -0.05) is 0 Å². The van der Waals surface area contributed by atoms with Crippen LogP contribution in [0.15, 0.2) is 24.5 Å². The van der Waals surface area contributed by atoms with Gasteiger partial charge in [-0.2, -0.15) is 0 Å². The first-order chi connectivity index (χ1) is 12.8. The molecule has 2 aliphatic rings. The Balaban J connectivity index is 1.59. The number of nitrogens with one attached hydrogen (secondary N) is 1. The van der Waals surface area contributed by atoms with Crippen LogP contribution < -0.4 is 5.32 Å². The molecular formula is C20H22N4OS. The van der Waals surface area contributed by atoms with Gasteiger partial charge in [-0.05, 0) is 56.2 Å². The van der Waals surface area contributed by atoms with E-state index in [9.17, 15) is 0 Å².